The molecule has 1 saturated heterocycles. The minimum atomic E-state index is 0.441. The Balaban J connectivity index is 1.98. The molecule has 2 N–H and O–H groups in total. The van der Waals surface area contributed by atoms with Gasteiger partial charge in [0.05, 0.1) is 0 Å². The van der Waals surface area contributed by atoms with E-state index in [1.165, 1.54) is 18.6 Å². The van der Waals surface area contributed by atoms with Gasteiger partial charge in [0.2, 0.25) is 0 Å². The van der Waals surface area contributed by atoms with Crippen molar-refractivity contribution in [2.45, 2.75) is 25.8 Å². The van der Waals surface area contributed by atoms with E-state index in [4.69, 9.17) is 10.5 Å². The average molecular weight is 189 g/mol. The Morgan fingerprint density at radius 2 is 2.33 bits per heavy atom. The third-order valence-electron chi connectivity index (χ3n) is 2.32. The van der Waals surface area contributed by atoms with E-state index in [1.54, 1.807) is 0 Å². The molecule has 0 aromatic heterocycles. The van der Waals surface area contributed by atoms with Crippen molar-refractivity contribution >= 4 is 11.8 Å². The standard InChI is InChI=1S/C9H19NOS/c1-2-11-5-3-4-8-6-12-7-9(8)10/h8-9H,2-7,10H2,1H3. The minimum Gasteiger partial charge on any atom is -0.382 e. The largest absolute Gasteiger partial charge is 0.382 e. The zero-order chi connectivity index (χ0) is 8.81. The smallest absolute Gasteiger partial charge is 0.0466 e. The summed E-state index contributed by atoms with van der Waals surface area (Å²) >= 11 is 1.99. The van der Waals surface area contributed by atoms with E-state index in [2.05, 4.69) is 0 Å². The van der Waals surface area contributed by atoms with Crippen LogP contribution in [-0.2, 0) is 4.74 Å². The molecule has 1 fully saturated rings. The fraction of sp³-hybridized carbons (Fsp3) is 1.00. The van der Waals surface area contributed by atoms with E-state index in [0.29, 0.717) is 6.04 Å². The SMILES string of the molecule is CCOCCCC1CSCC1N. The molecule has 0 aromatic carbocycles. The molecule has 0 radical (unpaired) electrons. The summed E-state index contributed by atoms with van der Waals surface area (Å²) in [5, 5.41) is 0. The van der Waals surface area contributed by atoms with Crippen LogP contribution < -0.4 is 5.73 Å². The van der Waals surface area contributed by atoms with Gasteiger partial charge in [0, 0.05) is 25.0 Å². The molecule has 0 saturated carbocycles. The Bertz CT molecular complexity index is 121. The maximum absolute atomic E-state index is 5.93. The summed E-state index contributed by atoms with van der Waals surface area (Å²) in [4.78, 5) is 0. The predicted molar refractivity (Wildman–Crippen MR) is 54.5 cm³/mol. The van der Waals surface area contributed by atoms with Crippen LogP contribution in [0.15, 0.2) is 0 Å². The number of hydrogen-bond donors (Lipinski definition) is 1. The topological polar surface area (TPSA) is 35.2 Å². The first-order chi connectivity index (χ1) is 5.84. The van der Waals surface area contributed by atoms with Crippen molar-refractivity contribution in [2.75, 3.05) is 24.7 Å². The number of ether oxygens (including phenoxy) is 1. The number of nitrogens with two attached hydrogens (primary N) is 1. The first-order valence-corrected chi connectivity index (χ1v) is 5.91. The molecule has 1 heterocycles. The van der Waals surface area contributed by atoms with Crippen LogP contribution in [0.3, 0.4) is 0 Å². The Morgan fingerprint density at radius 1 is 1.50 bits per heavy atom. The summed E-state index contributed by atoms with van der Waals surface area (Å²) in [6.07, 6.45) is 2.42. The molecular weight excluding hydrogens is 170 g/mol. The molecule has 1 rings (SSSR count). The Morgan fingerprint density at radius 3 is 2.92 bits per heavy atom. The number of rotatable bonds is 5. The van der Waals surface area contributed by atoms with Crippen molar-refractivity contribution in [1.29, 1.82) is 0 Å². The molecule has 0 bridgehead atoms. The van der Waals surface area contributed by atoms with Crippen molar-refractivity contribution in [3.8, 4) is 0 Å². The molecule has 0 aromatic rings. The lowest BCUT2D eigenvalue weighted by atomic mass is 9.99. The monoisotopic (exact) mass is 189 g/mol. The Hall–Kier alpha value is 0.270. The van der Waals surface area contributed by atoms with E-state index in [9.17, 15) is 0 Å². The van der Waals surface area contributed by atoms with Gasteiger partial charge in [-0.3, -0.25) is 0 Å². The van der Waals surface area contributed by atoms with Crippen molar-refractivity contribution < 1.29 is 4.74 Å². The van der Waals surface area contributed by atoms with E-state index in [0.717, 1.165) is 24.9 Å². The van der Waals surface area contributed by atoms with Gasteiger partial charge in [-0.15, -0.1) is 0 Å². The summed E-state index contributed by atoms with van der Waals surface area (Å²) in [5.41, 5.74) is 5.93. The van der Waals surface area contributed by atoms with E-state index >= 15 is 0 Å². The van der Waals surface area contributed by atoms with Crippen molar-refractivity contribution in [2.24, 2.45) is 11.7 Å². The molecule has 2 atom stereocenters. The van der Waals surface area contributed by atoms with Crippen LogP contribution in [0.5, 0.6) is 0 Å². The molecule has 2 nitrogen and oxygen atoms in total. The van der Waals surface area contributed by atoms with Gasteiger partial charge in [0.1, 0.15) is 0 Å². The molecule has 0 aliphatic carbocycles. The third-order valence-corrected chi connectivity index (χ3v) is 3.60. The van der Waals surface area contributed by atoms with Gasteiger partial charge in [-0.25, -0.2) is 0 Å². The lowest BCUT2D eigenvalue weighted by Gasteiger charge is -2.13. The molecule has 1 aliphatic rings. The third kappa shape index (κ3) is 3.33. The second-order valence-corrected chi connectivity index (χ2v) is 4.38. The van der Waals surface area contributed by atoms with Gasteiger partial charge in [-0.2, -0.15) is 11.8 Å². The van der Waals surface area contributed by atoms with E-state index in [1.807, 2.05) is 18.7 Å². The number of thioether (sulfide) groups is 1. The van der Waals surface area contributed by atoms with Gasteiger partial charge in [-0.1, -0.05) is 0 Å². The highest BCUT2D eigenvalue weighted by atomic mass is 32.2. The maximum atomic E-state index is 5.93. The molecule has 72 valence electrons. The van der Waals surface area contributed by atoms with Gasteiger partial charge in [0.15, 0.2) is 0 Å². The quantitative estimate of drug-likeness (QED) is 0.666. The highest BCUT2D eigenvalue weighted by Gasteiger charge is 2.23. The molecule has 3 heteroatoms. The van der Waals surface area contributed by atoms with E-state index in [-0.39, 0.29) is 0 Å². The molecule has 0 spiro atoms. The maximum Gasteiger partial charge on any atom is 0.0466 e. The second-order valence-electron chi connectivity index (χ2n) is 3.30. The Labute approximate surface area is 79.2 Å². The average Bonchev–Trinajstić information content (AvgIpc) is 2.46. The lowest BCUT2D eigenvalue weighted by molar-refractivity contribution is 0.139. The molecule has 2 unspecified atom stereocenters. The van der Waals surface area contributed by atoms with Crippen LogP contribution >= 0.6 is 11.8 Å². The lowest BCUT2D eigenvalue weighted by Crippen LogP contribution is -2.28. The van der Waals surface area contributed by atoms with Crippen LogP contribution in [0.25, 0.3) is 0 Å². The predicted octanol–water partition coefficient (Wildman–Crippen LogP) is 1.49. The zero-order valence-corrected chi connectivity index (χ0v) is 8.61. The van der Waals surface area contributed by atoms with Crippen molar-refractivity contribution in [3.05, 3.63) is 0 Å². The molecular formula is C9H19NOS. The summed E-state index contributed by atoms with van der Waals surface area (Å²) in [6, 6.07) is 0.441. The Kier molecular flexibility index (Phi) is 5.04. The fourth-order valence-corrected chi connectivity index (χ4v) is 2.90. The van der Waals surface area contributed by atoms with Crippen LogP contribution in [0, 0.1) is 5.92 Å². The van der Waals surface area contributed by atoms with Gasteiger partial charge >= 0.3 is 0 Å². The zero-order valence-electron chi connectivity index (χ0n) is 7.79. The molecule has 12 heavy (non-hydrogen) atoms. The van der Waals surface area contributed by atoms with Gasteiger partial charge in [-0.05, 0) is 31.4 Å². The highest BCUT2D eigenvalue weighted by Crippen LogP contribution is 2.26. The van der Waals surface area contributed by atoms with Crippen LogP contribution in [0.4, 0.5) is 0 Å². The minimum absolute atomic E-state index is 0.441. The normalized spacial score (nSPS) is 29.5. The number of hydrogen-bond acceptors (Lipinski definition) is 3. The van der Waals surface area contributed by atoms with Gasteiger partial charge < -0.3 is 10.5 Å². The highest BCUT2D eigenvalue weighted by molar-refractivity contribution is 7.99. The van der Waals surface area contributed by atoms with Crippen LogP contribution in [0.2, 0.25) is 0 Å². The van der Waals surface area contributed by atoms with Crippen LogP contribution in [0.1, 0.15) is 19.8 Å². The van der Waals surface area contributed by atoms with E-state index < -0.39 is 0 Å². The fourth-order valence-electron chi connectivity index (χ4n) is 1.50. The first kappa shape index (κ1) is 10.4. The van der Waals surface area contributed by atoms with Crippen LogP contribution in [-0.4, -0.2) is 30.8 Å². The first-order valence-electron chi connectivity index (χ1n) is 4.75. The van der Waals surface area contributed by atoms with Crippen molar-refractivity contribution in [3.63, 3.8) is 0 Å². The second kappa shape index (κ2) is 5.84. The van der Waals surface area contributed by atoms with Crippen molar-refractivity contribution in [1.82, 2.24) is 0 Å². The summed E-state index contributed by atoms with van der Waals surface area (Å²) in [6.45, 7) is 3.78. The summed E-state index contributed by atoms with van der Waals surface area (Å²) < 4.78 is 5.28. The summed E-state index contributed by atoms with van der Waals surface area (Å²) in [7, 11) is 0. The molecule has 0 amide bonds. The van der Waals surface area contributed by atoms with Gasteiger partial charge in [0.25, 0.3) is 0 Å². The summed E-state index contributed by atoms with van der Waals surface area (Å²) in [5.74, 6) is 3.16. The molecule has 1 aliphatic heterocycles.